The largest absolute Gasteiger partial charge is 0.457 e. The summed E-state index contributed by atoms with van der Waals surface area (Å²) >= 11 is 0. The molecule has 0 aromatic heterocycles. The zero-order valence-electron chi connectivity index (χ0n) is 14.7. The van der Waals surface area contributed by atoms with Gasteiger partial charge in [-0.2, -0.15) is 0 Å². The lowest BCUT2D eigenvalue weighted by Crippen LogP contribution is -2.22. The van der Waals surface area contributed by atoms with Crippen LogP contribution in [0.2, 0.25) is 0 Å². The van der Waals surface area contributed by atoms with Gasteiger partial charge in [0.1, 0.15) is 11.5 Å². The van der Waals surface area contributed by atoms with Gasteiger partial charge in [-0.25, -0.2) is 0 Å². The lowest BCUT2D eigenvalue weighted by atomic mass is 10.1. The molecule has 0 fully saturated rings. The number of benzene rings is 3. The molecule has 1 amide bonds. The van der Waals surface area contributed by atoms with E-state index in [1.54, 1.807) is 0 Å². The fraction of sp³-hybridized carbons (Fsp3) is 0.136. The maximum absolute atomic E-state index is 12.2. The molecule has 3 rings (SSSR count). The van der Waals surface area contributed by atoms with E-state index < -0.39 is 0 Å². The van der Waals surface area contributed by atoms with Crippen LogP contribution in [-0.4, -0.2) is 12.5 Å². The maximum Gasteiger partial charge on any atom is 0.243 e. The number of hydrogen-bond donors (Lipinski definition) is 2. The average molecular weight is 346 g/mol. The molecule has 3 aromatic rings. The van der Waals surface area contributed by atoms with E-state index in [0.29, 0.717) is 0 Å². The lowest BCUT2D eigenvalue weighted by Gasteiger charge is -2.11. The number of carbonyl (C=O) groups excluding carboxylic acids is 1. The molecule has 0 radical (unpaired) electrons. The van der Waals surface area contributed by atoms with Crippen LogP contribution in [0.4, 0.5) is 11.4 Å². The van der Waals surface area contributed by atoms with E-state index in [-0.39, 0.29) is 12.5 Å². The van der Waals surface area contributed by atoms with Gasteiger partial charge in [-0.1, -0.05) is 43.3 Å². The molecule has 0 saturated carbocycles. The van der Waals surface area contributed by atoms with E-state index in [1.807, 2.05) is 72.8 Å². The van der Waals surface area contributed by atoms with Crippen molar-refractivity contribution in [1.82, 2.24) is 0 Å². The van der Waals surface area contributed by atoms with Gasteiger partial charge in [0.2, 0.25) is 5.91 Å². The highest BCUT2D eigenvalue weighted by Gasteiger charge is 2.05. The van der Waals surface area contributed by atoms with Gasteiger partial charge in [-0.15, -0.1) is 0 Å². The van der Waals surface area contributed by atoms with E-state index in [1.165, 1.54) is 5.56 Å². The van der Waals surface area contributed by atoms with E-state index >= 15 is 0 Å². The van der Waals surface area contributed by atoms with Crippen molar-refractivity contribution < 1.29 is 9.53 Å². The van der Waals surface area contributed by atoms with Gasteiger partial charge in [0.25, 0.3) is 0 Å². The molecule has 4 heteroatoms. The Hall–Kier alpha value is -3.27. The molecule has 0 spiro atoms. The number of anilines is 2. The van der Waals surface area contributed by atoms with Gasteiger partial charge < -0.3 is 15.4 Å². The smallest absolute Gasteiger partial charge is 0.243 e. The van der Waals surface area contributed by atoms with Crippen LogP contribution in [0, 0.1) is 0 Å². The minimum absolute atomic E-state index is 0.0902. The summed E-state index contributed by atoms with van der Waals surface area (Å²) < 4.78 is 5.74. The number of aryl methyl sites for hydroxylation is 1. The summed E-state index contributed by atoms with van der Waals surface area (Å²) in [7, 11) is 0. The minimum Gasteiger partial charge on any atom is -0.457 e. The maximum atomic E-state index is 12.2. The van der Waals surface area contributed by atoms with Gasteiger partial charge in [-0.05, 0) is 54.4 Å². The number of hydrogen-bond acceptors (Lipinski definition) is 3. The van der Waals surface area contributed by atoms with Crippen LogP contribution in [-0.2, 0) is 11.2 Å². The second kappa shape index (κ2) is 8.72. The van der Waals surface area contributed by atoms with Crippen LogP contribution in [0.1, 0.15) is 12.5 Å². The van der Waals surface area contributed by atoms with E-state index in [9.17, 15) is 4.79 Å². The molecule has 0 atom stereocenters. The van der Waals surface area contributed by atoms with E-state index in [4.69, 9.17) is 4.74 Å². The number of rotatable bonds is 7. The molecule has 0 heterocycles. The second-order valence-electron chi connectivity index (χ2n) is 5.85. The molecule has 0 bridgehead atoms. The first-order chi connectivity index (χ1) is 12.7. The molecule has 0 aliphatic rings. The second-order valence-corrected chi connectivity index (χ2v) is 5.85. The van der Waals surface area contributed by atoms with Crippen molar-refractivity contribution >= 4 is 17.3 Å². The monoisotopic (exact) mass is 346 g/mol. The van der Waals surface area contributed by atoms with Gasteiger partial charge >= 0.3 is 0 Å². The first-order valence-electron chi connectivity index (χ1n) is 8.69. The van der Waals surface area contributed by atoms with Crippen LogP contribution in [0.5, 0.6) is 11.5 Å². The number of ether oxygens (including phenoxy) is 1. The first kappa shape index (κ1) is 17.5. The quantitative estimate of drug-likeness (QED) is 0.626. The molecular weight excluding hydrogens is 324 g/mol. The Labute approximate surface area is 153 Å². The van der Waals surface area contributed by atoms with Crippen molar-refractivity contribution in [3.63, 3.8) is 0 Å². The van der Waals surface area contributed by atoms with Crippen molar-refractivity contribution in [3.8, 4) is 11.5 Å². The molecule has 3 aromatic carbocycles. The minimum atomic E-state index is -0.0902. The molecular formula is C22H22N2O2. The summed E-state index contributed by atoms with van der Waals surface area (Å²) in [6.07, 6.45) is 0.924. The van der Waals surface area contributed by atoms with Crippen molar-refractivity contribution in [2.24, 2.45) is 0 Å². The predicted molar refractivity (Wildman–Crippen MR) is 106 cm³/mol. The molecule has 4 nitrogen and oxygen atoms in total. The lowest BCUT2D eigenvalue weighted by molar-refractivity contribution is -0.114. The Morgan fingerprint density at radius 2 is 1.50 bits per heavy atom. The summed E-state index contributed by atoms with van der Waals surface area (Å²) in [6.45, 7) is 2.32. The molecule has 26 heavy (non-hydrogen) atoms. The Kier molecular flexibility index (Phi) is 5.88. The Balaban J connectivity index is 1.53. The van der Waals surface area contributed by atoms with Crippen LogP contribution in [0.15, 0.2) is 78.9 Å². The van der Waals surface area contributed by atoms with Crippen molar-refractivity contribution in [2.75, 3.05) is 17.2 Å². The SMILES string of the molecule is CCc1ccccc1NCC(=O)Nc1ccc(Oc2ccccc2)cc1. The number of amides is 1. The summed E-state index contributed by atoms with van der Waals surface area (Å²) in [6, 6.07) is 24.9. The molecule has 132 valence electrons. The molecule has 0 saturated heterocycles. The highest BCUT2D eigenvalue weighted by Crippen LogP contribution is 2.22. The zero-order valence-corrected chi connectivity index (χ0v) is 14.7. The van der Waals surface area contributed by atoms with E-state index in [0.717, 1.165) is 29.3 Å². The number of carbonyl (C=O) groups is 1. The summed E-state index contributed by atoms with van der Waals surface area (Å²) in [5.41, 5.74) is 2.93. The highest BCUT2D eigenvalue weighted by atomic mass is 16.5. The zero-order chi connectivity index (χ0) is 18.2. The van der Waals surface area contributed by atoms with Gasteiger partial charge in [-0.3, -0.25) is 4.79 Å². The van der Waals surface area contributed by atoms with Crippen LogP contribution in [0.25, 0.3) is 0 Å². The Bertz CT molecular complexity index is 846. The fourth-order valence-electron chi connectivity index (χ4n) is 2.61. The van der Waals surface area contributed by atoms with Crippen LogP contribution < -0.4 is 15.4 Å². The third kappa shape index (κ3) is 4.86. The molecule has 0 aliphatic carbocycles. The van der Waals surface area contributed by atoms with Crippen molar-refractivity contribution in [2.45, 2.75) is 13.3 Å². The van der Waals surface area contributed by atoms with Crippen molar-refractivity contribution in [3.05, 3.63) is 84.4 Å². The first-order valence-corrected chi connectivity index (χ1v) is 8.69. The van der Waals surface area contributed by atoms with Gasteiger partial charge in [0.05, 0.1) is 6.54 Å². The summed E-state index contributed by atoms with van der Waals surface area (Å²) in [4.78, 5) is 12.2. The van der Waals surface area contributed by atoms with Crippen molar-refractivity contribution in [1.29, 1.82) is 0 Å². The van der Waals surface area contributed by atoms with Crippen LogP contribution in [0.3, 0.4) is 0 Å². The highest BCUT2D eigenvalue weighted by molar-refractivity contribution is 5.93. The standard InChI is InChI=1S/C22H22N2O2/c1-2-17-8-6-7-11-21(17)23-16-22(25)24-18-12-14-20(15-13-18)26-19-9-4-3-5-10-19/h3-15,23H,2,16H2,1H3,(H,24,25). The third-order valence-electron chi connectivity index (χ3n) is 3.95. The van der Waals surface area contributed by atoms with Gasteiger partial charge in [0, 0.05) is 11.4 Å². The predicted octanol–water partition coefficient (Wildman–Crippen LogP) is 5.09. The topological polar surface area (TPSA) is 50.4 Å². The third-order valence-corrected chi connectivity index (χ3v) is 3.95. The van der Waals surface area contributed by atoms with Gasteiger partial charge in [0.15, 0.2) is 0 Å². The number of nitrogens with one attached hydrogen (secondary N) is 2. The Morgan fingerprint density at radius 3 is 2.23 bits per heavy atom. The summed E-state index contributed by atoms with van der Waals surface area (Å²) in [5.74, 6) is 1.42. The molecule has 2 N–H and O–H groups in total. The number of para-hydroxylation sites is 2. The fourth-order valence-corrected chi connectivity index (χ4v) is 2.61. The normalized spacial score (nSPS) is 10.2. The molecule has 0 unspecified atom stereocenters. The van der Waals surface area contributed by atoms with Crippen LogP contribution >= 0.6 is 0 Å². The van der Waals surface area contributed by atoms with E-state index in [2.05, 4.69) is 23.6 Å². The molecule has 0 aliphatic heterocycles. The Morgan fingerprint density at radius 1 is 0.846 bits per heavy atom. The average Bonchev–Trinajstić information content (AvgIpc) is 2.69. The summed E-state index contributed by atoms with van der Waals surface area (Å²) in [5, 5.41) is 6.08.